The second-order valence-electron chi connectivity index (χ2n) is 3.62. The Balaban J connectivity index is 2.76. The lowest BCUT2D eigenvalue weighted by atomic mass is 10.1. The molecule has 0 radical (unpaired) electrons. The molecule has 1 heterocycles. The molecule has 8 heteroatoms. The first-order chi connectivity index (χ1) is 8.47. The summed E-state index contributed by atoms with van der Waals surface area (Å²) in [5.41, 5.74) is 0. The molecule has 0 aromatic heterocycles. The Bertz CT molecular complexity index is 367. The van der Waals surface area contributed by atoms with Gasteiger partial charge in [0.15, 0.2) is 0 Å². The number of rotatable bonds is 5. The van der Waals surface area contributed by atoms with E-state index in [2.05, 4.69) is 4.74 Å². The smallest absolute Gasteiger partial charge is 0.326 e. The SMILES string of the molecule is COC(=O)CCC(C(=O)O)N1C(=O)CSCC1=O. The van der Waals surface area contributed by atoms with Crippen LogP contribution in [0.1, 0.15) is 12.8 Å². The Hall–Kier alpha value is -1.57. The molecule has 0 aromatic carbocycles. The first-order valence-corrected chi connectivity index (χ1v) is 6.35. The van der Waals surface area contributed by atoms with Crippen LogP contribution in [0.2, 0.25) is 0 Å². The maximum Gasteiger partial charge on any atom is 0.326 e. The maximum atomic E-state index is 11.6. The molecule has 0 aromatic rings. The number of methoxy groups -OCH3 is 1. The average molecular weight is 275 g/mol. The summed E-state index contributed by atoms with van der Waals surface area (Å²) in [4.78, 5) is 45.9. The molecular formula is C10H13NO6S. The number of thioether (sulfide) groups is 1. The number of nitrogens with zero attached hydrogens (tertiary/aromatic N) is 1. The van der Waals surface area contributed by atoms with Gasteiger partial charge in [-0.2, -0.15) is 0 Å². The summed E-state index contributed by atoms with van der Waals surface area (Å²) in [6, 6.07) is -1.30. The predicted molar refractivity (Wildman–Crippen MR) is 61.9 cm³/mol. The van der Waals surface area contributed by atoms with Gasteiger partial charge < -0.3 is 9.84 Å². The number of aliphatic carboxylic acids is 1. The zero-order valence-electron chi connectivity index (χ0n) is 9.75. The van der Waals surface area contributed by atoms with Gasteiger partial charge in [0, 0.05) is 6.42 Å². The van der Waals surface area contributed by atoms with Gasteiger partial charge in [-0.1, -0.05) is 0 Å². The van der Waals surface area contributed by atoms with E-state index in [9.17, 15) is 19.2 Å². The topological polar surface area (TPSA) is 101 Å². The van der Waals surface area contributed by atoms with Crippen LogP contribution < -0.4 is 0 Å². The summed E-state index contributed by atoms with van der Waals surface area (Å²) in [5.74, 6) is -2.79. The van der Waals surface area contributed by atoms with E-state index >= 15 is 0 Å². The van der Waals surface area contributed by atoms with Gasteiger partial charge in [0.25, 0.3) is 0 Å². The average Bonchev–Trinajstić information content (AvgIpc) is 2.31. The van der Waals surface area contributed by atoms with Gasteiger partial charge >= 0.3 is 11.9 Å². The quantitative estimate of drug-likeness (QED) is 0.533. The third kappa shape index (κ3) is 3.46. The highest BCUT2D eigenvalue weighted by Crippen LogP contribution is 2.18. The van der Waals surface area contributed by atoms with E-state index in [1.165, 1.54) is 7.11 Å². The number of amides is 2. The summed E-state index contributed by atoms with van der Waals surface area (Å²) in [6.07, 6.45) is -0.290. The van der Waals surface area contributed by atoms with Gasteiger partial charge in [-0.25, -0.2) is 4.79 Å². The fraction of sp³-hybridized carbons (Fsp3) is 0.600. The lowest BCUT2D eigenvalue weighted by Crippen LogP contribution is -2.52. The molecule has 7 nitrogen and oxygen atoms in total. The molecule has 0 bridgehead atoms. The van der Waals surface area contributed by atoms with Gasteiger partial charge in [0.1, 0.15) is 6.04 Å². The van der Waals surface area contributed by atoms with E-state index in [1.807, 2.05) is 0 Å². The number of carboxylic acids is 1. The molecule has 1 fully saturated rings. The minimum Gasteiger partial charge on any atom is -0.480 e. The Morgan fingerprint density at radius 3 is 2.39 bits per heavy atom. The van der Waals surface area contributed by atoms with E-state index < -0.39 is 29.8 Å². The van der Waals surface area contributed by atoms with Crippen molar-refractivity contribution in [1.29, 1.82) is 0 Å². The minimum atomic E-state index is -1.30. The highest BCUT2D eigenvalue weighted by Gasteiger charge is 2.37. The summed E-state index contributed by atoms with van der Waals surface area (Å²) in [6.45, 7) is 0. The first kappa shape index (κ1) is 14.5. The summed E-state index contributed by atoms with van der Waals surface area (Å²) >= 11 is 1.15. The number of carboxylic acid groups (broad SMARTS) is 1. The van der Waals surface area contributed by atoms with Crippen molar-refractivity contribution in [2.45, 2.75) is 18.9 Å². The standard InChI is InChI=1S/C10H13NO6S/c1-17-9(14)3-2-6(10(15)16)11-7(12)4-18-5-8(11)13/h6H,2-5H2,1H3,(H,15,16). The normalized spacial score (nSPS) is 17.5. The number of esters is 1. The van der Waals surface area contributed by atoms with Crippen molar-refractivity contribution in [2.24, 2.45) is 0 Å². The molecule has 1 aliphatic rings. The molecule has 0 saturated carbocycles. The van der Waals surface area contributed by atoms with Gasteiger partial charge in [0.05, 0.1) is 18.6 Å². The van der Waals surface area contributed by atoms with Crippen LogP contribution in [0.5, 0.6) is 0 Å². The zero-order valence-corrected chi connectivity index (χ0v) is 10.6. The zero-order chi connectivity index (χ0) is 13.7. The highest BCUT2D eigenvalue weighted by molar-refractivity contribution is 8.00. The Morgan fingerprint density at radius 1 is 1.39 bits per heavy atom. The molecule has 0 aliphatic carbocycles. The molecule has 2 amide bonds. The summed E-state index contributed by atoms with van der Waals surface area (Å²) in [7, 11) is 1.19. The van der Waals surface area contributed by atoms with Crippen molar-refractivity contribution in [3.8, 4) is 0 Å². The van der Waals surface area contributed by atoms with Crippen molar-refractivity contribution in [2.75, 3.05) is 18.6 Å². The number of hydrogen-bond acceptors (Lipinski definition) is 6. The maximum absolute atomic E-state index is 11.6. The predicted octanol–water partition coefficient (Wildman–Crippen LogP) is -0.505. The Morgan fingerprint density at radius 2 is 1.94 bits per heavy atom. The molecule has 0 spiro atoms. The number of imide groups is 1. The Kier molecular flexibility index (Phi) is 5.14. The van der Waals surface area contributed by atoms with Crippen LogP contribution in [0.15, 0.2) is 0 Å². The molecule has 1 atom stereocenters. The van der Waals surface area contributed by atoms with Crippen molar-refractivity contribution < 1.29 is 29.0 Å². The molecule has 1 N–H and O–H groups in total. The Labute approximate surface area is 107 Å². The van der Waals surface area contributed by atoms with Gasteiger partial charge in [-0.05, 0) is 6.42 Å². The lowest BCUT2D eigenvalue weighted by molar-refractivity contribution is -0.157. The van der Waals surface area contributed by atoms with Gasteiger partial charge in [-0.3, -0.25) is 19.3 Å². The third-order valence-corrected chi connectivity index (χ3v) is 3.34. The highest BCUT2D eigenvalue weighted by atomic mass is 32.2. The van der Waals surface area contributed by atoms with Crippen LogP contribution in [0.4, 0.5) is 0 Å². The van der Waals surface area contributed by atoms with Crippen LogP contribution in [-0.2, 0) is 23.9 Å². The van der Waals surface area contributed by atoms with Crippen LogP contribution in [0, 0.1) is 0 Å². The molecule has 18 heavy (non-hydrogen) atoms. The molecule has 1 saturated heterocycles. The number of carbonyl (C=O) groups is 4. The van der Waals surface area contributed by atoms with E-state index in [-0.39, 0.29) is 24.3 Å². The fourth-order valence-corrected chi connectivity index (χ4v) is 2.30. The van der Waals surface area contributed by atoms with Crippen LogP contribution in [0.3, 0.4) is 0 Å². The minimum absolute atomic E-state index is 0.0771. The van der Waals surface area contributed by atoms with Crippen LogP contribution in [-0.4, -0.2) is 58.4 Å². The van der Waals surface area contributed by atoms with E-state index in [0.29, 0.717) is 0 Å². The second kappa shape index (κ2) is 6.39. The third-order valence-electron chi connectivity index (χ3n) is 2.43. The lowest BCUT2D eigenvalue weighted by Gasteiger charge is -2.29. The number of ether oxygens (including phenoxy) is 1. The van der Waals surface area contributed by atoms with Crippen molar-refractivity contribution in [3.63, 3.8) is 0 Å². The molecule has 1 rings (SSSR count). The molecule has 1 aliphatic heterocycles. The fourth-order valence-electron chi connectivity index (χ4n) is 1.57. The monoisotopic (exact) mass is 275 g/mol. The number of hydrogen-bond donors (Lipinski definition) is 1. The van der Waals surface area contributed by atoms with Crippen molar-refractivity contribution >= 4 is 35.5 Å². The van der Waals surface area contributed by atoms with Gasteiger partial charge in [0.2, 0.25) is 11.8 Å². The van der Waals surface area contributed by atoms with E-state index in [4.69, 9.17) is 5.11 Å². The number of carbonyl (C=O) groups excluding carboxylic acids is 3. The van der Waals surface area contributed by atoms with Crippen LogP contribution in [0.25, 0.3) is 0 Å². The molecule has 1 unspecified atom stereocenters. The second-order valence-corrected chi connectivity index (χ2v) is 4.60. The first-order valence-electron chi connectivity index (χ1n) is 5.19. The van der Waals surface area contributed by atoms with Crippen LogP contribution >= 0.6 is 11.8 Å². The largest absolute Gasteiger partial charge is 0.480 e. The molecule has 100 valence electrons. The molecular weight excluding hydrogens is 262 g/mol. The summed E-state index contributed by atoms with van der Waals surface area (Å²) in [5, 5.41) is 9.04. The van der Waals surface area contributed by atoms with Crippen molar-refractivity contribution in [1.82, 2.24) is 4.90 Å². The van der Waals surface area contributed by atoms with Crippen molar-refractivity contribution in [3.05, 3.63) is 0 Å². The van der Waals surface area contributed by atoms with Gasteiger partial charge in [-0.15, -0.1) is 11.8 Å². The van der Waals surface area contributed by atoms with E-state index in [0.717, 1.165) is 16.7 Å². The van der Waals surface area contributed by atoms with E-state index in [1.54, 1.807) is 0 Å². The summed E-state index contributed by atoms with van der Waals surface area (Å²) < 4.78 is 4.40.